The van der Waals surface area contributed by atoms with Crippen molar-refractivity contribution in [1.82, 2.24) is 0 Å². The van der Waals surface area contributed by atoms with Gasteiger partial charge in [-0.1, -0.05) is 48.5 Å². The van der Waals surface area contributed by atoms with Gasteiger partial charge in [-0.3, -0.25) is 24.0 Å². The summed E-state index contributed by atoms with van der Waals surface area (Å²) in [6.07, 6.45) is -0.206. The number of thioether (sulfide) groups is 1. The van der Waals surface area contributed by atoms with E-state index in [-0.39, 0.29) is 46.3 Å². The lowest BCUT2D eigenvalue weighted by atomic mass is 9.83. The van der Waals surface area contributed by atoms with E-state index in [1.165, 1.54) is 23.9 Å². The molecular weight excluding hydrogens is 468 g/mol. The van der Waals surface area contributed by atoms with Crippen LogP contribution in [0.25, 0.3) is 0 Å². The van der Waals surface area contributed by atoms with Crippen molar-refractivity contribution in [1.29, 1.82) is 0 Å². The Morgan fingerprint density at radius 2 is 1.54 bits per heavy atom. The Morgan fingerprint density at radius 3 is 2.34 bits per heavy atom. The van der Waals surface area contributed by atoms with E-state index < -0.39 is 23.7 Å². The molecule has 3 aromatic carbocycles. The fraction of sp³-hybridized carbons (Fsp3) is 0.115. The molecule has 35 heavy (non-hydrogen) atoms. The van der Waals surface area contributed by atoms with Crippen molar-refractivity contribution in [3.63, 3.8) is 0 Å². The minimum Gasteiger partial charge on any atom is -0.456 e. The third-order valence-corrected chi connectivity index (χ3v) is 6.92. The number of carbonyl (C=O) groups excluding carboxylic acids is 5. The molecule has 1 unspecified atom stereocenters. The number of benzene rings is 3. The predicted molar refractivity (Wildman–Crippen MR) is 129 cm³/mol. The number of amides is 2. The quantitative estimate of drug-likeness (QED) is 0.415. The second kappa shape index (κ2) is 9.19. The Kier molecular flexibility index (Phi) is 5.92. The molecule has 1 aliphatic heterocycles. The van der Waals surface area contributed by atoms with Crippen LogP contribution in [0.2, 0.25) is 0 Å². The second-order valence-electron chi connectivity index (χ2n) is 7.94. The van der Waals surface area contributed by atoms with Gasteiger partial charge in [-0.15, -0.1) is 11.8 Å². The van der Waals surface area contributed by atoms with Crippen LogP contribution in [0.4, 0.5) is 11.4 Å². The predicted octanol–water partition coefficient (Wildman–Crippen LogP) is 3.45. The molecule has 0 fully saturated rings. The molecule has 9 heteroatoms. The molecule has 0 saturated carbocycles. The highest BCUT2D eigenvalue weighted by molar-refractivity contribution is 8.01. The van der Waals surface area contributed by atoms with Gasteiger partial charge in [-0.2, -0.15) is 0 Å². The van der Waals surface area contributed by atoms with Crippen molar-refractivity contribution in [2.75, 3.05) is 17.2 Å². The van der Waals surface area contributed by atoms with Gasteiger partial charge in [0.05, 0.1) is 28.6 Å². The number of para-hydroxylation sites is 1. The molecule has 1 atom stereocenters. The number of fused-ring (bicyclic) bond motifs is 3. The fourth-order valence-electron chi connectivity index (χ4n) is 4.02. The van der Waals surface area contributed by atoms with Crippen LogP contribution in [0.3, 0.4) is 0 Å². The molecule has 174 valence electrons. The molecule has 8 nitrogen and oxygen atoms in total. The molecule has 0 bridgehead atoms. The van der Waals surface area contributed by atoms with E-state index in [1.807, 2.05) is 12.1 Å². The average Bonchev–Trinajstić information content (AvgIpc) is 2.86. The minimum absolute atomic E-state index is 0.102. The summed E-state index contributed by atoms with van der Waals surface area (Å²) in [5.41, 5.74) is 1.73. The lowest BCUT2D eigenvalue weighted by Gasteiger charge is -2.23. The SMILES string of the molecule is O=C(COC(=O)CC1Sc2ccccc2NC1=O)Nc1cccc2c1C(=O)c1ccccc1C2=O. The zero-order chi connectivity index (χ0) is 24.5. The smallest absolute Gasteiger partial charge is 0.307 e. The molecule has 2 N–H and O–H groups in total. The van der Waals surface area contributed by atoms with Crippen LogP contribution in [-0.2, 0) is 19.1 Å². The van der Waals surface area contributed by atoms with Crippen LogP contribution < -0.4 is 10.6 Å². The first kappa shape index (κ1) is 22.5. The number of carbonyl (C=O) groups is 5. The zero-order valence-corrected chi connectivity index (χ0v) is 19.0. The number of nitrogens with one attached hydrogen (secondary N) is 2. The van der Waals surface area contributed by atoms with Gasteiger partial charge in [0.15, 0.2) is 18.2 Å². The van der Waals surface area contributed by atoms with Gasteiger partial charge in [0, 0.05) is 21.6 Å². The van der Waals surface area contributed by atoms with Crippen LogP contribution in [0.5, 0.6) is 0 Å². The molecule has 3 aromatic rings. The first-order valence-electron chi connectivity index (χ1n) is 10.8. The van der Waals surface area contributed by atoms with E-state index in [9.17, 15) is 24.0 Å². The maximum Gasteiger partial charge on any atom is 0.307 e. The fourth-order valence-corrected chi connectivity index (χ4v) is 5.11. The third kappa shape index (κ3) is 4.33. The van der Waals surface area contributed by atoms with Gasteiger partial charge >= 0.3 is 5.97 Å². The Balaban J connectivity index is 1.23. The highest BCUT2D eigenvalue weighted by atomic mass is 32.2. The van der Waals surface area contributed by atoms with Crippen molar-refractivity contribution in [2.24, 2.45) is 0 Å². The van der Waals surface area contributed by atoms with Crippen LogP contribution in [0.15, 0.2) is 71.6 Å². The second-order valence-corrected chi connectivity index (χ2v) is 9.18. The number of anilines is 2. The van der Waals surface area contributed by atoms with Crippen molar-refractivity contribution in [3.05, 3.63) is 89.0 Å². The Morgan fingerprint density at radius 1 is 0.857 bits per heavy atom. The first-order chi connectivity index (χ1) is 16.9. The van der Waals surface area contributed by atoms with Crippen molar-refractivity contribution >= 4 is 52.5 Å². The topological polar surface area (TPSA) is 119 Å². The Labute approximate surface area is 204 Å². The molecular formula is C26H18N2O6S. The van der Waals surface area contributed by atoms with E-state index in [0.29, 0.717) is 11.3 Å². The van der Waals surface area contributed by atoms with Gasteiger partial charge in [-0.05, 0) is 18.2 Å². The van der Waals surface area contributed by atoms with Gasteiger partial charge in [0.25, 0.3) is 5.91 Å². The maximum atomic E-state index is 13.0. The molecule has 0 aromatic heterocycles. The number of hydrogen-bond donors (Lipinski definition) is 2. The Hall–Kier alpha value is -4.24. The summed E-state index contributed by atoms with van der Waals surface area (Å²) in [6, 6.07) is 18.4. The molecule has 0 saturated heterocycles. The van der Waals surface area contributed by atoms with Crippen LogP contribution >= 0.6 is 11.8 Å². The molecule has 2 aliphatic rings. The molecule has 1 heterocycles. The van der Waals surface area contributed by atoms with Crippen molar-refractivity contribution < 1.29 is 28.7 Å². The summed E-state index contributed by atoms with van der Waals surface area (Å²) >= 11 is 1.26. The number of rotatable bonds is 5. The molecule has 0 radical (unpaired) electrons. The number of ether oxygens (including phenoxy) is 1. The molecule has 0 spiro atoms. The largest absolute Gasteiger partial charge is 0.456 e. The number of esters is 1. The van der Waals surface area contributed by atoms with E-state index in [2.05, 4.69) is 10.6 Å². The minimum atomic E-state index is -0.706. The summed E-state index contributed by atoms with van der Waals surface area (Å²) in [5.74, 6) is -2.36. The average molecular weight is 487 g/mol. The van der Waals surface area contributed by atoms with E-state index in [1.54, 1.807) is 42.5 Å². The van der Waals surface area contributed by atoms with Gasteiger partial charge in [0.1, 0.15) is 0 Å². The lowest BCUT2D eigenvalue weighted by molar-refractivity contribution is -0.147. The monoisotopic (exact) mass is 486 g/mol. The van der Waals surface area contributed by atoms with Gasteiger partial charge in [0.2, 0.25) is 5.91 Å². The summed E-state index contributed by atoms with van der Waals surface area (Å²) in [7, 11) is 0. The number of hydrogen-bond acceptors (Lipinski definition) is 7. The van der Waals surface area contributed by atoms with Crippen molar-refractivity contribution in [2.45, 2.75) is 16.6 Å². The molecule has 5 rings (SSSR count). The first-order valence-corrected chi connectivity index (χ1v) is 11.6. The highest BCUT2D eigenvalue weighted by Gasteiger charge is 2.32. The lowest BCUT2D eigenvalue weighted by Crippen LogP contribution is -2.32. The van der Waals surface area contributed by atoms with Crippen LogP contribution in [0.1, 0.15) is 38.3 Å². The van der Waals surface area contributed by atoms with Crippen molar-refractivity contribution in [3.8, 4) is 0 Å². The van der Waals surface area contributed by atoms with Gasteiger partial charge < -0.3 is 15.4 Å². The van der Waals surface area contributed by atoms with Gasteiger partial charge in [-0.25, -0.2) is 0 Å². The highest BCUT2D eigenvalue weighted by Crippen LogP contribution is 2.36. The summed E-state index contributed by atoms with van der Waals surface area (Å²) < 4.78 is 5.07. The van der Waals surface area contributed by atoms with E-state index >= 15 is 0 Å². The standard InChI is InChI=1S/C26H18N2O6S/c29-21(13-34-22(30)12-20-26(33)28-17-9-3-4-11-19(17)35-20)27-18-10-5-8-16-23(18)25(32)15-7-2-1-6-14(15)24(16)31/h1-11,20H,12-13H2,(H,27,29)(H,28,33). The number of ketones is 2. The maximum absolute atomic E-state index is 13.0. The normalized spacial score (nSPS) is 15.9. The van der Waals surface area contributed by atoms with E-state index in [0.717, 1.165) is 4.90 Å². The third-order valence-electron chi connectivity index (χ3n) is 5.65. The molecule has 1 aliphatic carbocycles. The summed E-state index contributed by atoms with van der Waals surface area (Å²) in [6.45, 7) is -0.600. The van der Waals surface area contributed by atoms with Crippen LogP contribution in [-0.4, -0.2) is 41.2 Å². The van der Waals surface area contributed by atoms with E-state index in [4.69, 9.17) is 4.74 Å². The Bertz CT molecular complexity index is 1420. The zero-order valence-electron chi connectivity index (χ0n) is 18.2. The molecule has 2 amide bonds. The summed E-state index contributed by atoms with van der Waals surface area (Å²) in [4.78, 5) is 63.8. The summed E-state index contributed by atoms with van der Waals surface area (Å²) in [5, 5.41) is 4.63. The van der Waals surface area contributed by atoms with Crippen LogP contribution in [0, 0.1) is 0 Å².